The van der Waals surface area contributed by atoms with Gasteiger partial charge in [-0.05, 0) is 51.4 Å². The standard InChI is InChI=1S/C15H21N5O/c1-11-18-15(21-19-11)13-6-3-7-16-14(13)17-9-12-5-4-8-20(2)10-12/h3,6-7,12H,4-5,8-10H2,1-2H3,(H,16,17). The number of aromatic nitrogens is 3. The molecule has 21 heavy (non-hydrogen) atoms. The number of hydrogen-bond donors (Lipinski definition) is 1. The predicted molar refractivity (Wildman–Crippen MR) is 81.0 cm³/mol. The van der Waals surface area contributed by atoms with Crippen LogP contribution in [-0.4, -0.2) is 46.7 Å². The molecule has 2 aromatic rings. The molecule has 1 N–H and O–H groups in total. The number of anilines is 1. The minimum atomic E-state index is 0.517. The average Bonchev–Trinajstić information content (AvgIpc) is 2.92. The summed E-state index contributed by atoms with van der Waals surface area (Å²) in [5.41, 5.74) is 0.863. The number of rotatable bonds is 4. The van der Waals surface area contributed by atoms with Crippen LogP contribution in [0.5, 0.6) is 0 Å². The lowest BCUT2D eigenvalue weighted by atomic mass is 9.98. The summed E-state index contributed by atoms with van der Waals surface area (Å²) in [5, 5.41) is 7.29. The van der Waals surface area contributed by atoms with Crippen molar-refractivity contribution in [2.24, 2.45) is 5.92 Å². The molecule has 0 aliphatic carbocycles. The molecule has 6 nitrogen and oxygen atoms in total. The topological polar surface area (TPSA) is 67.1 Å². The molecule has 1 unspecified atom stereocenters. The van der Waals surface area contributed by atoms with Crippen LogP contribution in [0.3, 0.4) is 0 Å². The molecule has 1 aliphatic heterocycles. The Labute approximate surface area is 124 Å². The SMILES string of the molecule is Cc1noc(-c2cccnc2NCC2CCCN(C)C2)n1. The largest absolute Gasteiger partial charge is 0.369 e. The van der Waals surface area contributed by atoms with Crippen molar-refractivity contribution in [3.8, 4) is 11.5 Å². The van der Waals surface area contributed by atoms with Crippen molar-refractivity contribution < 1.29 is 4.52 Å². The zero-order chi connectivity index (χ0) is 14.7. The van der Waals surface area contributed by atoms with Crippen molar-refractivity contribution in [2.45, 2.75) is 19.8 Å². The summed E-state index contributed by atoms with van der Waals surface area (Å²) in [7, 11) is 2.18. The zero-order valence-corrected chi connectivity index (χ0v) is 12.5. The molecule has 3 heterocycles. The Balaban J connectivity index is 1.71. The number of pyridine rings is 1. The van der Waals surface area contributed by atoms with Gasteiger partial charge >= 0.3 is 0 Å². The van der Waals surface area contributed by atoms with Gasteiger partial charge in [-0.1, -0.05) is 5.16 Å². The van der Waals surface area contributed by atoms with Gasteiger partial charge in [0.25, 0.3) is 5.89 Å². The summed E-state index contributed by atoms with van der Waals surface area (Å²) in [6, 6.07) is 3.84. The smallest absolute Gasteiger partial charge is 0.261 e. The van der Waals surface area contributed by atoms with E-state index in [1.165, 1.54) is 19.4 Å². The monoisotopic (exact) mass is 287 g/mol. The molecule has 1 saturated heterocycles. The van der Waals surface area contributed by atoms with E-state index in [2.05, 4.69) is 32.4 Å². The highest BCUT2D eigenvalue weighted by molar-refractivity contribution is 5.68. The Kier molecular flexibility index (Phi) is 4.15. The van der Waals surface area contributed by atoms with E-state index in [9.17, 15) is 0 Å². The van der Waals surface area contributed by atoms with Crippen molar-refractivity contribution in [3.63, 3.8) is 0 Å². The lowest BCUT2D eigenvalue weighted by Gasteiger charge is -2.29. The highest BCUT2D eigenvalue weighted by Gasteiger charge is 2.18. The zero-order valence-electron chi connectivity index (χ0n) is 12.5. The molecular weight excluding hydrogens is 266 g/mol. The molecule has 0 amide bonds. The summed E-state index contributed by atoms with van der Waals surface area (Å²) in [6.45, 7) is 5.07. The van der Waals surface area contributed by atoms with Crippen LogP contribution in [0.2, 0.25) is 0 Å². The lowest BCUT2D eigenvalue weighted by Crippen LogP contribution is -2.35. The second-order valence-electron chi connectivity index (χ2n) is 5.70. The number of nitrogens with zero attached hydrogens (tertiary/aromatic N) is 4. The molecule has 1 aliphatic rings. The van der Waals surface area contributed by atoms with Gasteiger partial charge in [0.1, 0.15) is 5.82 Å². The summed E-state index contributed by atoms with van der Waals surface area (Å²) < 4.78 is 5.25. The van der Waals surface area contributed by atoms with E-state index in [1.54, 1.807) is 6.20 Å². The molecular formula is C15H21N5O. The van der Waals surface area contributed by atoms with Gasteiger partial charge in [-0.15, -0.1) is 0 Å². The second kappa shape index (κ2) is 6.22. The van der Waals surface area contributed by atoms with Gasteiger partial charge in [-0.2, -0.15) is 4.98 Å². The van der Waals surface area contributed by atoms with Crippen molar-refractivity contribution in [2.75, 3.05) is 32.0 Å². The first kappa shape index (κ1) is 14.0. The highest BCUT2D eigenvalue weighted by atomic mass is 16.5. The molecule has 1 atom stereocenters. The minimum Gasteiger partial charge on any atom is -0.369 e. The summed E-state index contributed by atoms with van der Waals surface area (Å²) >= 11 is 0. The van der Waals surface area contributed by atoms with Crippen LogP contribution in [0, 0.1) is 12.8 Å². The minimum absolute atomic E-state index is 0.517. The third-order valence-electron chi connectivity index (χ3n) is 3.85. The first-order valence-electron chi connectivity index (χ1n) is 7.40. The maximum absolute atomic E-state index is 5.25. The lowest BCUT2D eigenvalue weighted by molar-refractivity contribution is 0.217. The van der Waals surface area contributed by atoms with Gasteiger partial charge in [0.2, 0.25) is 0 Å². The van der Waals surface area contributed by atoms with Crippen LogP contribution in [0.4, 0.5) is 5.82 Å². The number of aryl methyl sites for hydroxylation is 1. The van der Waals surface area contributed by atoms with Crippen molar-refractivity contribution in [3.05, 3.63) is 24.2 Å². The predicted octanol–water partition coefficient (Wildman–Crippen LogP) is 2.19. The Bertz CT molecular complexity index is 597. The highest BCUT2D eigenvalue weighted by Crippen LogP contribution is 2.25. The van der Waals surface area contributed by atoms with Crippen LogP contribution >= 0.6 is 0 Å². The van der Waals surface area contributed by atoms with Crippen molar-refractivity contribution in [1.29, 1.82) is 0 Å². The third kappa shape index (κ3) is 3.39. The van der Waals surface area contributed by atoms with E-state index < -0.39 is 0 Å². The van der Waals surface area contributed by atoms with Gasteiger partial charge in [0.05, 0.1) is 5.56 Å². The van der Waals surface area contributed by atoms with Crippen molar-refractivity contribution >= 4 is 5.82 Å². The van der Waals surface area contributed by atoms with Gasteiger partial charge in [-0.3, -0.25) is 0 Å². The molecule has 3 rings (SSSR count). The van der Waals surface area contributed by atoms with E-state index in [4.69, 9.17) is 4.52 Å². The number of piperidine rings is 1. The van der Waals surface area contributed by atoms with Gasteiger partial charge in [-0.25, -0.2) is 4.98 Å². The molecule has 2 aromatic heterocycles. The Morgan fingerprint density at radius 1 is 1.48 bits per heavy atom. The van der Waals surface area contributed by atoms with Gasteiger partial charge in [0.15, 0.2) is 5.82 Å². The van der Waals surface area contributed by atoms with E-state index >= 15 is 0 Å². The van der Waals surface area contributed by atoms with E-state index in [0.29, 0.717) is 17.6 Å². The number of hydrogen-bond acceptors (Lipinski definition) is 6. The van der Waals surface area contributed by atoms with Gasteiger partial charge in [0, 0.05) is 19.3 Å². The fraction of sp³-hybridized carbons (Fsp3) is 0.533. The Morgan fingerprint density at radius 2 is 2.38 bits per heavy atom. The van der Waals surface area contributed by atoms with Crippen LogP contribution in [0.15, 0.2) is 22.9 Å². The molecule has 0 spiro atoms. The van der Waals surface area contributed by atoms with Crippen LogP contribution in [0.25, 0.3) is 11.5 Å². The molecule has 0 aromatic carbocycles. The first-order valence-corrected chi connectivity index (χ1v) is 7.40. The molecule has 0 saturated carbocycles. The first-order chi connectivity index (χ1) is 10.2. The molecule has 112 valence electrons. The number of likely N-dealkylation sites (tertiary alicyclic amines) is 1. The maximum Gasteiger partial charge on any atom is 0.261 e. The Morgan fingerprint density at radius 3 is 3.14 bits per heavy atom. The van der Waals surface area contributed by atoms with E-state index in [1.807, 2.05) is 19.1 Å². The summed E-state index contributed by atoms with van der Waals surface area (Å²) in [5.74, 6) is 2.62. The average molecular weight is 287 g/mol. The fourth-order valence-corrected chi connectivity index (χ4v) is 2.81. The molecule has 1 fully saturated rings. The normalized spacial score (nSPS) is 19.6. The summed E-state index contributed by atoms with van der Waals surface area (Å²) in [6.07, 6.45) is 4.31. The van der Waals surface area contributed by atoms with Crippen LogP contribution in [-0.2, 0) is 0 Å². The summed E-state index contributed by atoms with van der Waals surface area (Å²) in [4.78, 5) is 11.1. The van der Waals surface area contributed by atoms with E-state index in [-0.39, 0.29) is 0 Å². The van der Waals surface area contributed by atoms with Crippen molar-refractivity contribution in [1.82, 2.24) is 20.0 Å². The molecule has 0 bridgehead atoms. The second-order valence-corrected chi connectivity index (χ2v) is 5.70. The fourth-order valence-electron chi connectivity index (χ4n) is 2.81. The quantitative estimate of drug-likeness (QED) is 0.930. The van der Waals surface area contributed by atoms with E-state index in [0.717, 1.165) is 24.5 Å². The van der Waals surface area contributed by atoms with Crippen LogP contribution < -0.4 is 5.32 Å². The molecule has 0 radical (unpaired) electrons. The maximum atomic E-state index is 5.25. The Hall–Kier alpha value is -1.95. The molecule has 6 heteroatoms. The third-order valence-corrected chi connectivity index (χ3v) is 3.85. The number of nitrogens with one attached hydrogen (secondary N) is 1. The van der Waals surface area contributed by atoms with Gasteiger partial charge < -0.3 is 14.7 Å². The van der Waals surface area contributed by atoms with Crippen LogP contribution in [0.1, 0.15) is 18.7 Å².